The molecule has 0 saturated carbocycles. The van der Waals surface area contributed by atoms with Gasteiger partial charge in [-0.15, -0.1) is 0 Å². The Bertz CT molecular complexity index is 90.1. The van der Waals surface area contributed by atoms with Crippen LogP contribution in [0.5, 0.6) is 0 Å². The van der Waals surface area contributed by atoms with Gasteiger partial charge >= 0.3 is 0 Å². The average molecular weight is 220 g/mol. The molecule has 0 nitrogen and oxygen atoms in total. The quantitative estimate of drug-likeness (QED) is 0.422. The van der Waals surface area contributed by atoms with Crippen molar-refractivity contribution in [3.8, 4) is 0 Å². The van der Waals surface area contributed by atoms with Gasteiger partial charge in [0.2, 0.25) is 0 Å². The van der Waals surface area contributed by atoms with Crippen molar-refractivity contribution < 1.29 is 0 Å². The second kappa shape index (κ2) is 10.8. The van der Waals surface area contributed by atoms with Crippen molar-refractivity contribution in [1.29, 1.82) is 0 Å². The maximum Gasteiger partial charge on any atom is -0.00617 e. The third-order valence-electron chi connectivity index (χ3n) is 2.48. The Kier molecular flexibility index (Phi) is 11.4. The molecule has 0 amide bonds. The number of hydrogen-bond donors (Lipinski definition) is 2. The van der Waals surface area contributed by atoms with E-state index in [1.54, 1.807) is 0 Å². The fourth-order valence-electron chi connectivity index (χ4n) is 1.45. The molecule has 0 heterocycles. The molecule has 0 fully saturated rings. The van der Waals surface area contributed by atoms with Crippen molar-refractivity contribution in [2.24, 2.45) is 5.92 Å². The van der Waals surface area contributed by atoms with E-state index in [1.807, 2.05) is 0 Å². The van der Waals surface area contributed by atoms with E-state index >= 15 is 0 Å². The molecule has 0 aliphatic carbocycles. The van der Waals surface area contributed by atoms with Crippen LogP contribution in [0.4, 0.5) is 0 Å². The van der Waals surface area contributed by atoms with Crippen LogP contribution in [0, 0.1) is 5.92 Å². The lowest BCUT2D eigenvalue weighted by atomic mass is 10.0. The summed E-state index contributed by atoms with van der Waals surface area (Å²) in [5, 5.41) is 0. The van der Waals surface area contributed by atoms with Gasteiger partial charge in [0, 0.05) is 0 Å². The van der Waals surface area contributed by atoms with E-state index in [1.165, 1.54) is 44.9 Å². The summed E-state index contributed by atoms with van der Waals surface area (Å²) in [5.74, 6) is 2.73. The highest BCUT2D eigenvalue weighted by molar-refractivity contribution is 7.81. The van der Waals surface area contributed by atoms with Gasteiger partial charge in [-0.1, -0.05) is 45.4 Å². The van der Waals surface area contributed by atoms with E-state index in [2.05, 4.69) is 32.2 Å². The zero-order valence-corrected chi connectivity index (χ0v) is 10.6. The topological polar surface area (TPSA) is 0 Å². The van der Waals surface area contributed by atoms with Crippen LogP contribution >= 0.6 is 25.3 Å². The van der Waals surface area contributed by atoms with Gasteiger partial charge in [0.1, 0.15) is 0 Å². The normalized spacial score (nSPS) is 11.1. The third-order valence-corrected chi connectivity index (χ3v) is 3.52. The highest BCUT2D eigenvalue weighted by atomic mass is 32.1. The largest absolute Gasteiger partial charge is 0.179 e. The van der Waals surface area contributed by atoms with Crippen LogP contribution in [0.25, 0.3) is 0 Å². The van der Waals surface area contributed by atoms with Crippen molar-refractivity contribution in [3.05, 3.63) is 0 Å². The first-order valence-electron chi connectivity index (χ1n) is 5.56. The maximum atomic E-state index is 4.31. The van der Waals surface area contributed by atoms with Gasteiger partial charge in [0.05, 0.1) is 0 Å². The van der Waals surface area contributed by atoms with Gasteiger partial charge in [0.15, 0.2) is 0 Å². The lowest BCUT2D eigenvalue weighted by molar-refractivity contribution is 0.525. The van der Waals surface area contributed by atoms with Gasteiger partial charge < -0.3 is 0 Å². The molecule has 0 radical (unpaired) electrons. The number of thiol groups is 2. The van der Waals surface area contributed by atoms with Gasteiger partial charge in [0.25, 0.3) is 0 Å². The Morgan fingerprint density at radius 2 is 1.38 bits per heavy atom. The molecule has 80 valence electrons. The SMILES string of the molecule is CCCCCCCCC(CS)CS. The average Bonchev–Trinajstić information content (AvgIpc) is 2.17. The zero-order chi connectivity index (χ0) is 9.94. The minimum Gasteiger partial charge on any atom is -0.179 e. The Labute approximate surface area is 94.7 Å². The van der Waals surface area contributed by atoms with Crippen LogP contribution in [0.15, 0.2) is 0 Å². The van der Waals surface area contributed by atoms with Crippen molar-refractivity contribution in [2.75, 3.05) is 11.5 Å². The fraction of sp³-hybridized carbons (Fsp3) is 1.00. The predicted octanol–water partition coefficient (Wildman–Crippen LogP) is 4.21. The Balaban J connectivity index is 3.05. The monoisotopic (exact) mass is 220 g/mol. The van der Waals surface area contributed by atoms with E-state index in [4.69, 9.17) is 0 Å². The second-order valence-electron chi connectivity index (χ2n) is 3.79. The molecule has 0 bridgehead atoms. The first-order chi connectivity index (χ1) is 6.35. The van der Waals surface area contributed by atoms with E-state index in [0.29, 0.717) is 0 Å². The Morgan fingerprint density at radius 3 is 1.92 bits per heavy atom. The Morgan fingerprint density at radius 1 is 0.846 bits per heavy atom. The lowest BCUT2D eigenvalue weighted by Crippen LogP contribution is -2.03. The van der Waals surface area contributed by atoms with Crippen LogP contribution in [0.1, 0.15) is 51.9 Å². The molecular formula is C11H24S2. The van der Waals surface area contributed by atoms with Crippen LogP contribution in [0.2, 0.25) is 0 Å². The summed E-state index contributed by atoms with van der Waals surface area (Å²) < 4.78 is 0. The van der Waals surface area contributed by atoms with E-state index in [9.17, 15) is 0 Å². The highest BCUT2D eigenvalue weighted by Crippen LogP contribution is 2.14. The van der Waals surface area contributed by atoms with E-state index < -0.39 is 0 Å². The third kappa shape index (κ3) is 9.01. The van der Waals surface area contributed by atoms with Crippen molar-refractivity contribution in [2.45, 2.75) is 51.9 Å². The summed E-state index contributed by atoms with van der Waals surface area (Å²) in [6.07, 6.45) is 9.67. The second-order valence-corrected chi connectivity index (χ2v) is 4.52. The highest BCUT2D eigenvalue weighted by Gasteiger charge is 2.02. The van der Waals surface area contributed by atoms with Crippen LogP contribution < -0.4 is 0 Å². The predicted molar refractivity (Wildman–Crippen MR) is 69.2 cm³/mol. The van der Waals surface area contributed by atoms with Crippen LogP contribution in [0.3, 0.4) is 0 Å². The first kappa shape index (κ1) is 13.7. The Hall–Kier alpha value is 0.700. The molecule has 0 unspecified atom stereocenters. The summed E-state index contributed by atoms with van der Waals surface area (Å²) >= 11 is 8.61. The van der Waals surface area contributed by atoms with Gasteiger partial charge in [-0.2, -0.15) is 25.3 Å². The molecule has 0 aromatic rings. The molecule has 0 saturated heterocycles. The molecule has 0 N–H and O–H groups in total. The lowest BCUT2D eigenvalue weighted by Gasteiger charge is -2.10. The summed E-state index contributed by atoms with van der Waals surface area (Å²) in [5.41, 5.74) is 0. The molecule has 0 aliphatic rings. The zero-order valence-electron chi connectivity index (χ0n) is 8.84. The standard InChI is InChI=1S/C11H24S2/c1-2-3-4-5-6-7-8-11(9-12)10-13/h11-13H,2-10H2,1H3. The van der Waals surface area contributed by atoms with Gasteiger partial charge in [-0.3, -0.25) is 0 Å². The minimum atomic E-state index is 0.734. The molecule has 13 heavy (non-hydrogen) atoms. The molecular weight excluding hydrogens is 196 g/mol. The molecule has 0 spiro atoms. The van der Waals surface area contributed by atoms with Crippen molar-refractivity contribution in [3.63, 3.8) is 0 Å². The number of rotatable bonds is 9. The summed E-state index contributed by atoms with van der Waals surface area (Å²) in [6, 6.07) is 0. The molecule has 2 heteroatoms. The van der Waals surface area contributed by atoms with Crippen LogP contribution in [-0.4, -0.2) is 11.5 Å². The van der Waals surface area contributed by atoms with Crippen LogP contribution in [-0.2, 0) is 0 Å². The molecule has 0 aliphatic heterocycles. The summed E-state index contributed by atoms with van der Waals surface area (Å²) in [4.78, 5) is 0. The van der Waals surface area contributed by atoms with Crippen molar-refractivity contribution >= 4 is 25.3 Å². The number of unbranched alkanes of at least 4 members (excludes halogenated alkanes) is 5. The molecule has 0 aromatic heterocycles. The molecule has 0 rings (SSSR count). The fourth-order valence-corrected chi connectivity index (χ4v) is 2.28. The van der Waals surface area contributed by atoms with Gasteiger partial charge in [-0.05, 0) is 23.8 Å². The number of hydrogen-bond acceptors (Lipinski definition) is 2. The first-order valence-corrected chi connectivity index (χ1v) is 6.83. The summed E-state index contributed by atoms with van der Waals surface area (Å²) in [6.45, 7) is 2.26. The molecule has 0 atom stereocenters. The molecule has 0 aromatic carbocycles. The minimum absolute atomic E-state index is 0.734. The maximum absolute atomic E-state index is 4.31. The summed E-state index contributed by atoms with van der Waals surface area (Å²) in [7, 11) is 0. The smallest absolute Gasteiger partial charge is 0.00617 e. The van der Waals surface area contributed by atoms with Gasteiger partial charge in [-0.25, -0.2) is 0 Å². The van der Waals surface area contributed by atoms with E-state index in [-0.39, 0.29) is 0 Å². The van der Waals surface area contributed by atoms with E-state index in [0.717, 1.165) is 17.4 Å². The van der Waals surface area contributed by atoms with Crippen molar-refractivity contribution in [1.82, 2.24) is 0 Å².